The molecule has 0 saturated heterocycles. The Morgan fingerprint density at radius 3 is 2.78 bits per heavy atom. The van der Waals surface area contributed by atoms with Crippen LogP contribution < -0.4 is 19.1 Å². The molecule has 164 valence electrons. The summed E-state index contributed by atoms with van der Waals surface area (Å²) in [4.78, 5) is 12.9. The van der Waals surface area contributed by atoms with Crippen LogP contribution in [0.2, 0.25) is 0 Å². The lowest BCUT2D eigenvalue weighted by atomic mass is 10.2. The average Bonchev–Trinajstić information content (AvgIpc) is 3.43. The molecular formula is C22H17FN2O5S2. The van der Waals surface area contributed by atoms with Crippen molar-refractivity contribution in [3.8, 4) is 11.5 Å². The molecule has 2 aliphatic heterocycles. The maximum absolute atomic E-state index is 13.6. The number of Topliss-reactive ketones (excluding diaryl/α,β-unsaturated/α-hetero) is 1. The quantitative estimate of drug-likeness (QED) is 0.569. The summed E-state index contributed by atoms with van der Waals surface area (Å²) in [6, 6.07) is 12.7. The number of sulfonamides is 1. The Labute approximate surface area is 187 Å². The number of carbonyl (C=O) groups excluding carboxylic acids is 1. The van der Waals surface area contributed by atoms with Gasteiger partial charge in [-0.2, -0.15) is 0 Å². The monoisotopic (exact) mass is 472 g/mol. The molecule has 0 radical (unpaired) electrons. The highest BCUT2D eigenvalue weighted by Gasteiger charge is 2.41. The van der Waals surface area contributed by atoms with E-state index >= 15 is 0 Å². The van der Waals surface area contributed by atoms with Crippen molar-refractivity contribution in [3.63, 3.8) is 0 Å². The molecule has 0 unspecified atom stereocenters. The number of nitrogens with zero attached hydrogens (tertiary/aromatic N) is 1. The molecule has 2 aliphatic rings. The highest BCUT2D eigenvalue weighted by molar-refractivity contribution is 7.97. The zero-order valence-electron chi connectivity index (χ0n) is 16.6. The van der Waals surface area contributed by atoms with E-state index in [9.17, 15) is 17.6 Å². The van der Waals surface area contributed by atoms with Gasteiger partial charge in [-0.3, -0.25) is 9.10 Å². The van der Waals surface area contributed by atoms with Gasteiger partial charge in [0, 0.05) is 12.7 Å². The summed E-state index contributed by atoms with van der Waals surface area (Å²) >= 11 is 1.17. The minimum absolute atomic E-state index is 0.0867. The number of hydrogen-bond acceptors (Lipinski definition) is 7. The third-order valence-electron chi connectivity index (χ3n) is 5.10. The Bertz CT molecular complexity index is 1350. The van der Waals surface area contributed by atoms with E-state index < -0.39 is 21.6 Å². The minimum atomic E-state index is -4.15. The standard InChI is InChI=1S/C22H17FN2O5S2/c23-16-3-1-2-15(8-16)12-25-17-6-7-31-22(17)21(26)20(32(25,27)28)11-24-10-14-4-5-18-19(9-14)30-13-29-18/h1-9,11,24H,10,12-13H2/b20-11-. The fourth-order valence-corrected chi connectivity index (χ4v) is 6.08. The van der Waals surface area contributed by atoms with Crippen LogP contribution in [0.4, 0.5) is 10.1 Å². The van der Waals surface area contributed by atoms with Gasteiger partial charge in [-0.25, -0.2) is 12.8 Å². The van der Waals surface area contributed by atoms with Crippen molar-refractivity contribution >= 4 is 32.8 Å². The molecular weight excluding hydrogens is 455 g/mol. The molecule has 3 heterocycles. The Kier molecular flexibility index (Phi) is 5.10. The summed E-state index contributed by atoms with van der Waals surface area (Å²) < 4.78 is 52.1. The van der Waals surface area contributed by atoms with Crippen LogP contribution in [0.1, 0.15) is 20.8 Å². The smallest absolute Gasteiger partial charge is 0.270 e. The number of thiophene rings is 1. The van der Waals surface area contributed by atoms with Crippen LogP contribution in [-0.4, -0.2) is 21.0 Å². The Morgan fingerprint density at radius 1 is 1.09 bits per heavy atom. The first-order chi connectivity index (χ1) is 15.4. The van der Waals surface area contributed by atoms with Crippen LogP contribution in [0.5, 0.6) is 11.5 Å². The summed E-state index contributed by atoms with van der Waals surface area (Å²) in [5.74, 6) is 0.238. The number of rotatable bonds is 5. The second kappa shape index (κ2) is 7.95. The fraction of sp³-hybridized carbons (Fsp3) is 0.136. The minimum Gasteiger partial charge on any atom is -0.454 e. The van der Waals surface area contributed by atoms with E-state index in [0.717, 1.165) is 9.87 Å². The number of halogens is 1. The van der Waals surface area contributed by atoms with Gasteiger partial charge >= 0.3 is 0 Å². The van der Waals surface area contributed by atoms with Crippen molar-refractivity contribution < 1.29 is 27.1 Å². The Morgan fingerprint density at radius 2 is 1.94 bits per heavy atom. The zero-order valence-corrected chi connectivity index (χ0v) is 18.2. The van der Waals surface area contributed by atoms with Crippen LogP contribution >= 0.6 is 11.3 Å². The molecule has 0 amide bonds. The third kappa shape index (κ3) is 3.61. The van der Waals surface area contributed by atoms with E-state index in [1.165, 1.54) is 35.7 Å². The van der Waals surface area contributed by atoms with Gasteiger partial charge in [0.2, 0.25) is 12.6 Å². The molecule has 7 nitrogen and oxygen atoms in total. The van der Waals surface area contributed by atoms with Gasteiger partial charge in [0.25, 0.3) is 10.0 Å². The topological polar surface area (TPSA) is 84.9 Å². The van der Waals surface area contributed by atoms with Crippen LogP contribution in [0.25, 0.3) is 0 Å². The van der Waals surface area contributed by atoms with Crippen molar-refractivity contribution in [1.29, 1.82) is 0 Å². The Hall–Kier alpha value is -3.37. The van der Waals surface area contributed by atoms with E-state index in [-0.39, 0.29) is 24.8 Å². The number of nitrogens with one attached hydrogen (secondary N) is 1. The number of benzene rings is 2. The van der Waals surface area contributed by atoms with Gasteiger partial charge in [0.15, 0.2) is 16.4 Å². The average molecular weight is 473 g/mol. The lowest BCUT2D eigenvalue weighted by Crippen LogP contribution is -2.38. The van der Waals surface area contributed by atoms with Gasteiger partial charge in [-0.1, -0.05) is 18.2 Å². The summed E-state index contributed by atoms with van der Waals surface area (Å²) in [6.07, 6.45) is 1.23. The maximum Gasteiger partial charge on any atom is 0.270 e. The lowest BCUT2D eigenvalue weighted by molar-refractivity contribution is 0.104. The summed E-state index contributed by atoms with van der Waals surface area (Å²) in [5.41, 5.74) is 1.62. The molecule has 3 aromatic rings. The highest BCUT2D eigenvalue weighted by atomic mass is 32.2. The van der Waals surface area contributed by atoms with Crippen LogP contribution in [0.3, 0.4) is 0 Å². The molecule has 32 heavy (non-hydrogen) atoms. The fourth-order valence-electron chi connectivity index (χ4n) is 3.57. The summed E-state index contributed by atoms with van der Waals surface area (Å²) in [6.45, 7) is 0.355. The maximum atomic E-state index is 13.6. The predicted molar refractivity (Wildman–Crippen MR) is 118 cm³/mol. The van der Waals surface area contributed by atoms with E-state index in [0.29, 0.717) is 27.6 Å². The molecule has 0 aliphatic carbocycles. The number of ether oxygens (including phenoxy) is 2. The molecule has 0 bridgehead atoms. The van der Waals surface area contributed by atoms with Gasteiger partial charge in [0.05, 0.1) is 12.2 Å². The first-order valence-electron chi connectivity index (χ1n) is 9.65. The molecule has 1 N–H and O–H groups in total. The van der Waals surface area contributed by atoms with Gasteiger partial charge < -0.3 is 14.8 Å². The van der Waals surface area contributed by atoms with Crippen LogP contribution in [-0.2, 0) is 23.1 Å². The Balaban J connectivity index is 1.43. The molecule has 0 fully saturated rings. The molecule has 5 rings (SSSR count). The number of allylic oxidation sites excluding steroid dienone is 1. The third-order valence-corrected chi connectivity index (χ3v) is 7.77. The van der Waals surface area contributed by atoms with Crippen molar-refractivity contribution in [2.24, 2.45) is 0 Å². The van der Waals surface area contributed by atoms with Crippen LogP contribution in [0, 0.1) is 5.82 Å². The van der Waals surface area contributed by atoms with Crippen molar-refractivity contribution in [3.05, 3.63) is 86.8 Å². The normalized spacial score (nSPS) is 17.5. The predicted octanol–water partition coefficient (Wildman–Crippen LogP) is 3.78. The molecule has 0 saturated carbocycles. The first kappa shape index (κ1) is 20.5. The van der Waals surface area contributed by atoms with Crippen molar-refractivity contribution in [2.45, 2.75) is 13.1 Å². The lowest BCUT2D eigenvalue weighted by Gasteiger charge is -2.29. The second-order valence-electron chi connectivity index (χ2n) is 7.18. The van der Waals surface area contributed by atoms with Crippen molar-refractivity contribution in [2.75, 3.05) is 11.1 Å². The number of fused-ring (bicyclic) bond motifs is 2. The van der Waals surface area contributed by atoms with Crippen molar-refractivity contribution in [1.82, 2.24) is 5.32 Å². The van der Waals surface area contributed by atoms with E-state index in [4.69, 9.17) is 9.47 Å². The number of anilines is 1. The van der Waals surface area contributed by atoms with Gasteiger partial charge in [-0.15, -0.1) is 11.3 Å². The molecule has 10 heteroatoms. The highest BCUT2D eigenvalue weighted by Crippen LogP contribution is 2.39. The van der Waals surface area contributed by atoms with Gasteiger partial charge in [-0.05, 0) is 46.8 Å². The number of ketones is 1. The van der Waals surface area contributed by atoms with E-state index in [2.05, 4.69) is 5.32 Å². The first-order valence-corrected chi connectivity index (χ1v) is 12.0. The number of carbonyl (C=O) groups is 1. The summed E-state index contributed by atoms with van der Waals surface area (Å²) in [5, 5.41) is 4.59. The zero-order chi connectivity index (χ0) is 22.3. The largest absolute Gasteiger partial charge is 0.454 e. The SMILES string of the molecule is O=C1/C(=C/NCc2ccc3c(c2)OCO3)S(=O)(=O)N(Cc2cccc(F)c2)c2ccsc21. The second-order valence-corrected chi connectivity index (χ2v) is 9.93. The molecule has 1 aromatic heterocycles. The van der Waals surface area contributed by atoms with E-state index in [1.54, 1.807) is 29.6 Å². The van der Waals surface area contributed by atoms with Gasteiger partial charge in [0.1, 0.15) is 10.7 Å². The molecule has 2 aromatic carbocycles. The molecule has 0 atom stereocenters. The molecule has 0 spiro atoms. The van der Waals surface area contributed by atoms with Crippen LogP contribution in [0.15, 0.2) is 65.0 Å². The van der Waals surface area contributed by atoms with E-state index in [1.807, 2.05) is 6.07 Å². The summed E-state index contributed by atoms with van der Waals surface area (Å²) in [7, 11) is -4.15. The number of hydrogen-bond donors (Lipinski definition) is 1.